The van der Waals surface area contributed by atoms with Gasteiger partial charge in [0.15, 0.2) is 11.6 Å². The zero-order valence-corrected chi connectivity index (χ0v) is 35.3. The second-order valence-corrected chi connectivity index (χ2v) is 19.8. The number of carbonyl (C=O) groups is 3. The van der Waals surface area contributed by atoms with Gasteiger partial charge in [0.05, 0.1) is 53.4 Å². The van der Waals surface area contributed by atoms with E-state index in [4.69, 9.17) is 5.11 Å². The van der Waals surface area contributed by atoms with E-state index in [1.54, 1.807) is 61.3 Å². The summed E-state index contributed by atoms with van der Waals surface area (Å²) in [5.74, 6) is 0.843. The van der Waals surface area contributed by atoms with Gasteiger partial charge in [0, 0.05) is 40.9 Å². The van der Waals surface area contributed by atoms with Gasteiger partial charge in [-0.1, -0.05) is 96.9 Å². The first-order valence-corrected chi connectivity index (χ1v) is 17.7. The van der Waals surface area contributed by atoms with E-state index in [1.165, 1.54) is 0 Å². The summed E-state index contributed by atoms with van der Waals surface area (Å²) in [5, 5.41) is 65.1. The summed E-state index contributed by atoms with van der Waals surface area (Å²) in [6.45, 7) is 36.0. The van der Waals surface area contributed by atoms with Crippen molar-refractivity contribution in [3.63, 3.8) is 0 Å². The second kappa shape index (κ2) is 16.6. The summed E-state index contributed by atoms with van der Waals surface area (Å²) in [6.07, 6.45) is -2.28. The molecule has 0 amide bonds. The van der Waals surface area contributed by atoms with Crippen LogP contribution < -0.4 is 0 Å². The minimum atomic E-state index is -0.741. The Morgan fingerprint density at radius 2 is 0.647 bits per heavy atom. The Morgan fingerprint density at radius 1 is 0.529 bits per heavy atom. The van der Waals surface area contributed by atoms with Gasteiger partial charge in [-0.3, -0.25) is 14.4 Å². The van der Waals surface area contributed by atoms with E-state index >= 15 is 0 Å². The Balaban J connectivity index is -0.000000274. The Morgan fingerprint density at radius 3 is 0.686 bits per heavy atom. The van der Waals surface area contributed by atoms with E-state index in [2.05, 4.69) is 0 Å². The molecule has 0 aromatic carbocycles. The van der Waals surface area contributed by atoms with Crippen LogP contribution in [0.5, 0.6) is 0 Å². The summed E-state index contributed by atoms with van der Waals surface area (Å²) in [6, 6.07) is 0. The molecular formula is C40H78O11. The van der Waals surface area contributed by atoms with Crippen molar-refractivity contribution in [2.24, 2.45) is 49.2 Å². The fourth-order valence-electron chi connectivity index (χ4n) is 8.07. The van der Waals surface area contributed by atoms with Crippen molar-refractivity contribution in [1.29, 1.82) is 0 Å². The lowest BCUT2D eigenvalue weighted by atomic mass is 9.51. The van der Waals surface area contributed by atoms with E-state index in [0.717, 1.165) is 0 Å². The van der Waals surface area contributed by atoms with Crippen LogP contribution in [0.25, 0.3) is 0 Å². The van der Waals surface area contributed by atoms with E-state index in [-0.39, 0.29) is 89.5 Å². The normalized spacial score (nSPS) is 32.2. The van der Waals surface area contributed by atoms with Gasteiger partial charge < -0.3 is 35.7 Å². The molecule has 11 heteroatoms. The number of carbonyl (C=O) groups excluding carboxylic acids is 3. The quantitative estimate of drug-likeness (QED) is 0.132. The number of aliphatic hydroxyl groups excluding tert-OH is 6. The number of rotatable bonds is 1. The van der Waals surface area contributed by atoms with Gasteiger partial charge in [0.2, 0.25) is 0 Å². The number of hydrogen-bond donors (Lipinski definition) is 7. The van der Waals surface area contributed by atoms with E-state index in [0.29, 0.717) is 5.57 Å². The zero-order chi connectivity index (χ0) is 42.1. The number of ketones is 2. The average Bonchev–Trinajstić information content (AvgIpc) is 3.02. The zero-order valence-electron chi connectivity index (χ0n) is 35.3. The molecule has 0 aromatic rings. The van der Waals surface area contributed by atoms with Crippen LogP contribution in [0.1, 0.15) is 141 Å². The number of Topliss-reactive ketones (excluding diaryl/α,β-unsaturated/α-hetero) is 2. The van der Waals surface area contributed by atoms with Crippen LogP contribution in [0.15, 0.2) is 5.57 Å². The Labute approximate surface area is 310 Å². The second-order valence-electron chi connectivity index (χ2n) is 19.8. The molecule has 7 N–H and O–H groups in total. The predicted molar refractivity (Wildman–Crippen MR) is 204 cm³/mol. The standard InChI is InChI=1S/3C8H16O2.C8H12O2.C4H8O2.C4H6O.2H2/c4*1-7(2)5(9)8(3,4)6(7)10;1-3(2)4(5)6;1-4(2)3-5;;/h3*5-6,9-10H,1-4H3;1-4H3;3H,1-2H3,(H,5,6);1-2H3;2*1H/i;;;;;;1+1;. The van der Waals surface area contributed by atoms with Crippen molar-refractivity contribution < 1.29 is 57.8 Å². The first kappa shape index (κ1) is 51.1. The fourth-order valence-corrected chi connectivity index (χ4v) is 8.07. The third kappa shape index (κ3) is 10.2. The molecule has 51 heavy (non-hydrogen) atoms. The molecule has 0 atom stereocenters. The highest BCUT2D eigenvalue weighted by atomic mass is 16.4. The lowest BCUT2D eigenvalue weighted by Crippen LogP contribution is -2.67. The monoisotopic (exact) mass is 736 g/mol. The van der Waals surface area contributed by atoms with Gasteiger partial charge in [0.25, 0.3) is 0 Å². The number of allylic oxidation sites excluding steroid dienone is 1. The molecule has 4 aliphatic carbocycles. The number of carboxylic acid groups (broad SMARTS) is 1. The van der Waals surface area contributed by atoms with Crippen molar-refractivity contribution in [2.45, 2.75) is 175 Å². The molecular weight excluding hydrogens is 656 g/mol. The molecule has 0 radical (unpaired) electrons. The van der Waals surface area contributed by atoms with E-state index in [1.807, 2.05) is 83.1 Å². The molecule has 0 aliphatic heterocycles. The summed E-state index contributed by atoms with van der Waals surface area (Å²) in [5.41, 5.74) is -2.61. The molecule has 4 rings (SSSR count). The highest BCUT2D eigenvalue weighted by Gasteiger charge is 2.63. The third-order valence-electron chi connectivity index (χ3n) is 11.4. The number of carboxylic acids is 1. The van der Waals surface area contributed by atoms with Gasteiger partial charge in [-0.05, 0) is 41.5 Å². The number of hydrogen-bond acceptors (Lipinski definition) is 10. The maximum absolute atomic E-state index is 11.2. The molecule has 4 aliphatic rings. The predicted octanol–water partition coefficient (Wildman–Crippen LogP) is 5.52. The van der Waals surface area contributed by atoms with Crippen molar-refractivity contribution >= 4 is 23.5 Å². The van der Waals surface area contributed by atoms with Gasteiger partial charge in [-0.15, -0.1) is 0 Å². The van der Waals surface area contributed by atoms with E-state index < -0.39 is 16.8 Å². The van der Waals surface area contributed by atoms with Crippen LogP contribution in [0.2, 0.25) is 0 Å². The smallest absolute Gasteiger partial charge is 0.305 e. The number of aliphatic carboxylic acids is 1. The summed E-state index contributed by atoms with van der Waals surface area (Å²) in [4.78, 5) is 41.4. The Bertz CT molecular complexity index is 1070. The molecule has 0 saturated heterocycles. The lowest BCUT2D eigenvalue weighted by molar-refractivity contribution is -0.247. The summed E-state index contributed by atoms with van der Waals surface area (Å²) in [7, 11) is 0. The average molecular weight is 736 g/mol. The maximum Gasteiger partial charge on any atom is 0.305 e. The SMILES string of the molecule is CC(C)=C=O.CC(C)C(=O)O.CC1(C)C(=O)C(C)(C)C1=O.CC1(C)C(O)C(C)(C)C1O.CC1(C)C(O)C(C)(C)C1O.CC1(C)C(O)C(C)(C)C1O.[2HH].[HH]. The van der Waals surface area contributed by atoms with Crippen molar-refractivity contribution in [1.82, 2.24) is 0 Å². The van der Waals surface area contributed by atoms with Crippen LogP contribution in [0.4, 0.5) is 0 Å². The first-order valence-electron chi connectivity index (χ1n) is 17.7. The molecule has 0 aromatic heterocycles. The molecule has 304 valence electrons. The lowest BCUT2D eigenvalue weighted by Gasteiger charge is -2.59. The molecule has 4 saturated carbocycles. The van der Waals surface area contributed by atoms with E-state index in [9.17, 15) is 49.8 Å². The van der Waals surface area contributed by atoms with Gasteiger partial charge in [-0.25, -0.2) is 4.79 Å². The van der Waals surface area contributed by atoms with Crippen molar-refractivity contribution in [2.75, 3.05) is 0 Å². The van der Waals surface area contributed by atoms with Crippen molar-refractivity contribution in [3.05, 3.63) is 5.57 Å². The van der Waals surface area contributed by atoms with Crippen LogP contribution in [-0.4, -0.2) is 95.8 Å². The number of aliphatic hydroxyl groups is 6. The Kier molecular flexibility index (Phi) is 16.6. The minimum absolute atomic E-state index is 0. The minimum Gasteiger partial charge on any atom is -0.481 e. The third-order valence-corrected chi connectivity index (χ3v) is 11.4. The Hall–Kier alpha value is -1.98. The van der Waals surface area contributed by atoms with Crippen LogP contribution >= 0.6 is 0 Å². The molecule has 0 spiro atoms. The van der Waals surface area contributed by atoms with Crippen LogP contribution in [0, 0.1) is 49.2 Å². The largest absolute Gasteiger partial charge is 0.481 e. The molecule has 11 nitrogen and oxygen atoms in total. The maximum atomic E-state index is 11.2. The van der Waals surface area contributed by atoms with Gasteiger partial charge in [-0.2, -0.15) is 0 Å². The van der Waals surface area contributed by atoms with Crippen molar-refractivity contribution in [3.8, 4) is 0 Å². The fraction of sp³-hybridized carbons (Fsp3) is 0.875. The first-order chi connectivity index (χ1) is 22.2. The molecule has 0 heterocycles. The molecule has 0 unspecified atom stereocenters. The topological polar surface area (TPSA) is 210 Å². The summed E-state index contributed by atoms with van der Waals surface area (Å²) >= 11 is 0. The summed E-state index contributed by atoms with van der Waals surface area (Å²) < 4.78 is 0. The van der Waals surface area contributed by atoms with Gasteiger partial charge in [0.1, 0.15) is 5.94 Å². The van der Waals surface area contributed by atoms with Crippen LogP contribution in [-0.2, 0) is 19.2 Å². The highest BCUT2D eigenvalue weighted by molar-refractivity contribution is 6.29. The van der Waals surface area contributed by atoms with Gasteiger partial charge >= 0.3 is 5.97 Å². The molecule has 0 bridgehead atoms. The van der Waals surface area contributed by atoms with Crippen LogP contribution in [0.3, 0.4) is 0 Å². The highest BCUT2D eigenvalue weighted by Crippen LogP contribution is 2.55. The molecule has 4 fully saturated rings.